The van der Waals surface area contributed by atoms with Gasteiger partial charge < -0.3 is 20.1 Å². The van der Waals surface area contributed by atoms with Crippen LogP contribution in [-0.4, -0.2) is 44.4 Å². The lowest BCUT2D eigenvalue weighted by Crippen LogP contribution is -2.40. The Kier molecular flexibility index (Phi) is 5.01. The molecule has 3 rings (SSSR count). The molecule has 1 aromatic heterocycles. The van der Waals surface area contributed by atoms with Gasteiger partial charge in [0.05, 0.1) is 12.2 Å². The quantitative estimate of drug-likeness (QED) is 0.679. The van der Waals surface area contributed by atoms with E-state index in [9.17, 15) is 14.7 Å². The highest BCUT2D eigenvalue weighted by atomic mass is 35.5. The Morgan fingerprint density at radius 3 is 2.81 bits per heavy atom. The van der Waals surface area contributed by atoms with Crippen LogP contribution in [0, 0.1) is 0 Å². The van der Waals surface area contributed by atoms with E-state index >= 15 is 0 Å². The molecule has 0 radical (unpaired) electrons. The van der Waals surface area contributed by atoms with Gasteiger partial charge in [-0.15, -0.1) is 0 Å². The first-order valence-electron chi connectivity index (χ1n) is 8.48. The number of fused-ring (bicyclic) bond motifs is 1. The number of benzene rings is 1. The van der Waals surface area contributed by atoms with Gasteiger partial charge in [-0.25, -0.2) is 4.79 Å². The van der Waals surface area contributed by atoms with E-state index in [0.29, 0.717) is 23.6 Å². The van der Waals surface area contributed by atoms with Gasteiger partial charge in [-0.1, -0.05) is 11.6 Å². The van der Waals surface area contributed by atoms with Crippen LogP contribution in [-0.2, 0) is 17.7 Å². The van der Waals surface area contributed by atoms with Crippen LogP contribution < -0.4 is 5.32 Å². The van der Waals surface area contributed by atoms with E-state index in [4.69, 9.17) is 16.3 Å². The van der Waals surface area contributed by atoms with E-state index in [1.54, 1.807) is 20.8 Å². The predicted molar refractivity (Wildman–Crippen MR) is 100 cm³/mol. The van der Waals surface area contributed by atoms with Crippen molar-refractivity contribution in [1.29, 1.82) is 0 Å². The molecule has 0 spiro atoms. The van der Waals surface area contributed by atoms with E-state index in [0.717, 1.165) is 5.69 Å². The zero-order valence-corrected chi connectivity index (χ0v) is 16.1. The first-order valence-corrected chi connectivity index (χ1v) is 8.86. The molecule has 2 aromatic rings. The molecule has 0 fully saturated rings. The largest absolute Gasteiger partial charge is 0.506 e. The molecule has 144 valence electrons. The Morgan fingerprint density at radius 1 is 1.37 bits per heavy atom. The van der Waals surface area contributed by atoms with E-state index in [1.807, 2.05) is 0 Å². The Labute approximate surface area is 161 Å². The number of carbonyl (C=O) groups is 2. The molecular formula is C18H21ClN4O4. The maximum atomic E-state index is 12.6. The molecule has 0 aliphatic carbocycles. The van der Waals surface area contributed by atoms with Crippen LogP contribution in [0.4, 0.5) is 10.5 Å². The SMILES string of the molecule is CC(C)(C)OC(=O)N1CCc2[nH]nc(C(=O)Nc3cc(Cl)ccc3O)c2C1. The molecule has 2 heterocycles. The summed E-state index contributed by atoms with van der Waals surface area (Å²) in [6.45, 7) is 6.09. The zero-order valence-electron chi connectivity index (χ0n) is 15.3. The fraction of sp³-hybridized carbons (Fsp3) is 0.389. The number of carbonyl (C=O) groups excluding carboxylic acids is 2. The number of anilines is 1. The molecule has 0 unspecified atom stereocenters. The summed E-state index contributed by atoms with van der Waals surface area (Å²) in [6.07, 6.45) is 0.102. The van der Waals surface area contributed by atoms with E-state index < -0.39 is 17.6 Å². The fourth-order valence-electron chi connectivity index (χ4n) is 2.76. The maximum absolute atomic E-state index is 12.6. The van der Waals surface area contributed by atoms with Crippen LogP contribution in [0.15, 0.2) is 18.2 Å². The highest BCUT2D eigenvalue weighted by molar-refractivity contribution is 6.31. The predicted octanol–water partition coefficient (Wildman–Crippen LogP) is 3.31. The zero-order chi connectivity index (χ0) is 19.8. The first-order chi connectivity index (χ1) is 12.6. The topological polar surface area (TPSA) is 108 Å². The molecule has 0 saturated carbocycles. The third-order valence-corrected chi connectivity index (χ3v) is 4.24. The summed E-state index contributed by atoms with van der Waals surface area (Å²) in [5.74, 6) is -0.608. The lowest BCUT2D eigenvalue weighted by molar-refractivity contribution is 0.0222. The molecule has 1 aromatic carbocycles. The van der Waals surface area contributed by atoms with Crippen LogP contribution in [0.1, 0.15) is 42.5 Å². The number of ether oxygens (including phenoxy) is 1. The monoisotopic (exact) mass is 392 g/mol. The van der Waals surface area contributed by atoms with Gasteiger partial charge in [0.1, 0.15) is 11.4 Å². The van der Waals surface area contributed by atoms with Crippen LogP contribution in [0.5, 0.6) is 5.75 Å². The Balaban J connectivity index is 1.78. The molecule has 1 aliphatic rings. The number of phenols is 1. The van der Waals surface area contributed by atoms with Crippen molar-refractivity contribution < 1.29 is 19.4 Å². The summed E-state index contributed by atoms with van der Waals surface area (Å²) in [5.41, 5.74) is 1.18. The summed E-state index contributed by atoms with van der Waals surface area (Å²) < 4.78 is 5.40. The number of aromatic hydroxyl groups is 1. The summed E-state index contributed by atoms with van der Waals surface area (Å²) in [4.78, 5) is 26.5. The highest BCUT2D eigenvalue weighted by Crippen LogP contribution is 2.28. The smallest absolute Gasteiger partial charge is 0.410 e. The van der Waals surface area contributed by atoms with Crippen molar-refractivity contribution in [3.8, 4) is 5.75 Å². The van der Waals surface area contributed by atoms with Gasteiger partial charge >= 0.3 is 6.09 Å². The van der Waals surface area contributed by atoms with E-state index in [2.05, 4.69) is 15.5 Å². The number of amides is 2. The number of aromatic nitrogens is 2. The minimum Gasteiger partial charge on any atom is -0.506 e. The molecule has 0 atom stereocenters. The van der Waals surface area contributed by atoms with Crippen molar-refractivity contribution in [3.63, 3.8) is 0 Å². The number of H-pyrrole nitrogens is 1. The second-order valence-corrected chi connectivity index (χ2v) is 7.73. The van der Waals surface area contributed by atoms with Gasteiger partial charge in [0.2, 0.25) is 0 Å². The van der Waals surface area contributed by atoms with Crippen molar-refractivity contribution in [2.75, 3.05) is 11.9 Å². The molecule has 3 N–H and O–H groups in total. The molecule has 8 nitrogen and oxygen atoms in total. The number of nitrogens with one attached hydrogen (secondary N) is 2. The Hall–Kier alpha value is -2.74. The highest BCUT2D eigenvalue weighted by Gasteiger charge is 2.30. The maximum Gasteiger partial charge on any atom is 0.410 e. The van der Waals surface area contributed by atoms with Crippen molar-refractivity contribution in [3.05, 3.63) is 40.2 Å². The molecule has 1 aliphatic heterocycles. The van der Waals surface area contributed by atoms with Gasteiger partial charge in [-0.3, -0.25) is 9.89 Å². The molecule has 9 heteroatoms. The number of phenolic OH excluding ortho intramolecular Hbond substituents is 1. The van der Waals surface area contributed by atoms with E-state index in [-0.39, 0.29) is 23.7 Å². The summed E-state index contributed by atoms with van der Waals surface area (Å²) in [7, 11) is 0. The van der Waals surface area contributed by atoms with Gasteiger partial charge in [0, 0.05) is 29.2 Å². The molecule has 0 saturated heterocycles. The Morgan fingerprint density at radius 2 is 2.11 bits per heavy atom. The normalized spacial score (nSPS) is 13.9. The standard InChI is InChI=1S/C18H21ClN4O4/c1-18(2,3)27-17(26)23-7-6-12-11(9-23)15(22-21-12)16(25)20-13-8-10(19)4-5-14(13)24/h4-5,8,24H,6-7,9H2,1-3H3,(H,20,25)(H,21,22). The van der Waals surface area contributed by atoms with Gasteiger partial charge in [-0.2, -0.15) is 5.10 Å². The van der Waals surface area contributed by atoms with Crippen molar-refractivity contribution >= 4 is 29.3 Å². The second kappa shape index (κ2) is 7.11. The summed E-state index contributed by atoms with van der Waals surface area (Å²) in [6, 6.07) is 4.35. The van der Waals surface area contributed by atoms with Crippen molar-refractivity contribution in [2.24, 2.45) is 0 Å². The average molecular weight is 393 g/mol. The van der Waals surface area contributed by atoms with Crippen LogP contribution in [0.25, 0.3) is 0 Å². The fourth-order valence-corrected chi connectivity index (χ4v) is 2.93. The summed E-state index contributed by atoms with van der Waals surface area (Å²) >= 11 is 5.90. The number of hydrogen-bond acceptors (Lipinski definition) is 5. The molecule has 27 heavy (non-hydrogen) atoms. The van der Waals surface area contributed by atoms with Crippen molar-refractivity contribution in [1.82, 2.24) is 15.1 Å². The van der Waals surface area contributed by atoms with Gasteiger partial charge in [-0.05, 0) is 39.0 Å². The van der Waals surface area contributed by atoms with Gasteiger partial charge in [0.15, 0.2) is 5.69 Å². The molecule has 0 bridgehead atoms. The summed E-state index contributed by atoms with van der Waals surface area (Å²) in [5, 5.41) is 19.8. The number of halogens is 1. The lowest BCUT2D eigenvalue weighted by Gasteiger charge is -2.30. The average Bonchev–Trinajstić information content (AvgIpc) is 2.99. The first kappa shape index (κ1) is 19.0. The molecule has 2 amide bonds. The van der Waals surface area contributed by atoms with Crippen LogP contribution in [0.3, 0.4) is 0 Å². The number of nitrogens with zero attached hydrogens (tertiary/aromatic N) is 2. The minimum absolute atomic E-state index is 0.104. The van der Waals surface area contributed by atoms with Gasteiger partial charge in [0.25, 0.3) is 5.91 Å². The van der Waals surface area contributed by atoms with E-state index in [1.165, 1.54) is 23.1 Å². The van der Waals surface area contributed by atoms with Crippen molar-refractivity contribution in [2.45, 2.75) is 39.3 Å². The molecular weight excluding hydrogens is 372 g/mol. The number of aromatic amines is 1. The third-order valence-electron chi connectivity index (χ3n) is 4.01. The second-order valence-electron chi connectivity index (χ2n) is 7.30. The third kappa shape index (κ3) is 4.33. The Bertz CT molecular complexity index is 888. The number of rotatable bonds is 2. The minimum atomic E-state index is -0.599. The lowest BCUT2D eigenvalue weighted by atomic mass is 10.1. The van der Waals surface area contributed by atoms with Crippen LogP contribution in [0.2, 0.25) is 5.02 Å². The number of hydrogen-bond donors (Lipinski definition) is 3. The van der Waals surface area contributed by atoms with Crippen LogP contribution >= 0.6 is 11.6 Å².